The van der Waals surface area contributed by atoms with Crippen molar-refractivity contribution in [3.8, 4) is 11.5 Å². The molecule has 0 aliphatic carbocycles. The van der Waals surface area contributed by atoms with E-state index in [0.29, 0.717) is 29.7 Å². The summed E-state index contributed by atoms with van der Waals surface area (Å²) in [7, 11) is 1.51. The van der Waals surface area contributed by atoms with E-state index in [-0.39, 0.29) is 12.2 Å². The molecule has 2 rings (SSSR count). The highest BCUT2D eigenvalue weighted by Crippen LogP contribution is 2.29. The summed E-state index contributed by atoms with van der Waals surface area (Å²) >= 11 is 1.52. The normalized spacial score (nSPS) is 10.5. The topological polar surface area (TPSA) is 73.9 Å². The lowest BCUT2D eigenvalue weighted by Gasteiger charge is -2.13. The molecule has 0 saturated carbocycles. The van der Waals surface area contributed by atoms with Gasteiger partial charge in [-0.1, -0.05) is 26.0 Å². The van der Waals surface area contributed by atoms with E-state index < -0.39 is 11.9 Å². The van der Waals surface area contributed by atoms with Crippen LogP contribution in [0.25, 0.3) is 0 Å². The standard InChI is InChI=1S/C22H27NO5S/c1-15(2)11-12-27-18-10-9-16(13-19(18)26-3)22(25)28-14-21(24)23-17-7-5-6-8-20(17)29-4/h5-10,13,15H,11-12,14H2,1-4H3,(H,23,24). The fraction of sp³-hybridized carbons (Fsp3) is 0.364. The molecule has 0 unspecified atom stereocenters. The molecule has 0 heterocycles. The van der Waals surface area contributed by atoms with Crippen LogP contribution in [0.1, 0.15) is 30.6 Å². The molecule has 6 nitrogen and oxygen atoms in total. The van der Waals surface area contributed by atoms with Crippen molar-refractivity contribution >= 4 is 29.3 Å². The maximum atomic E-state index is 12.3. The molecule has 156 valence electrons. The number of para-hydroxylation sites is 1. The average Bonchev–Trinajstić information content (AvgIpc) is 2.72. The molecule has 2 aromatic rings. The first-order valence-electron chi connectivity index (χ1n) is 9.35. The van der Waals surface area contributed by atoms with Crippen LogP contribution in [0, 0.1) is 5.92 Å². The number of hydrogen-bond donors (Lipinski definition) is 1. The van der Waals surface area contributed by atoms with Gasteiger partial charge in [0.15, 0.2) is 18.1 Å². The summed E-state index contributed by atoms with van der Waals surface area (Å²) in [4.78, 5) is 25.4. The van der Waals surface area contributed by atoms with Crippen molar-refractivity contribution in [2.24, 2.45) is 5.92 Å². The first kappa shape index (κ1) is 22.6. The number of carbonyl (C=O) groups excluding carboxylic acids is 2. The van der Waals surface area contributed by atoms with E-state index >= 15 is 0 Å². The van der Waals surface area contributed by atoms with Gasteiger partial charge in [-0.15, -0.1) is 11.8 Å². The molecule has 7 heteroatoms. The van der Waals surface area contributed by atoms with Gasteiger partial charge in [-0.05, 0) is 48.9 Å². The van der Waals surface area contributed by atoms with Crippen molar-refractivity contribution in [2.75, 3.05) is 31.9 Å². The minimum Gasteiger partial charge on any atom is -0.493 e. The third-order valence-electron chi connectivity index (χ3n) is 4.07. The summed E-state index contributed by atoms with van der Waals surface area (Å²) in [6.45, 7) is 4.43. The number of esters is 1. The third-order valence-corrected chi connectivity index (χ3v) is 4.86. The summed E-state index contributed by atoms with van der Waals surface area (Å²) in [5.74, 6) is 0.535. The molecule has 1 N–H and O–H groups in total. The molecule has 0 spiro atoms. The zero-order chi connectivity index (χ0) is 21.2. The predicted octanol–water partition coefficient (Wildman–Crippen LogP) is 4.64. The highest BCUT2D eigenvalue weighted by Gasteiger charge is 2.15. The lowest BCUT2D eigenvalue weighted by Crippen LogP contribution is -2.21. The van der Waals surface area contributed by atoms with Crippen LogP contribution in [0.5, 0.6) is 11.5 Å². The first-order valence-corrected chi connectivity index (χ1v) is 10.6. The minimum atomic E-state index is -0.606. The molecule has 0 saturated heterocycles. The van der Waals surface area contributed by atoms with Gasteiger partial charge in [0.1, 0.15) is 0 Å². The Balaban J connectivity index is 1.93. The van der Waals surface area contributed by atoms with Crippen LogP contribution in [0.3, 0.4) is 0 Å². The molecule has 0 bridgehead atoms. The number of anilines is 1. The summed E-state index contributed by atoms with van der Waals surface area (Å²) in [5, 5.41) is 2.75. The molecule has 0 radical (unpaired) electrons. The Morgan fingerprint density at radius 1 is 1.10 bits per heavy atom. The van der Waals surface area contributed by atoms with Crippen LogP contribution in [0.4, 0.5) is 5.69 Å². The SMILES string of the molecule is COc1cc(C(=O)OCC(=O)Nc2ccccc2SC)ccc1OCCC(C)C. The number of amides is 1. The van der Waals surface area contributed by atoms with Gasteiger partial charge in [-0.2, -0.15) is 0 Å². The fourth-order valence-corrected chi connectivity index (χ4v) is 3.02. The van der Waals surface area contributed by atoms with Crippen LogP contribution in [-0.2, 0) is 9.53 Å². The molecule has 0 atom stereocenters. The van der Waals surface area contributed by atoms with Gasteiger partial charge in [0.05, 0.1) is 25.0 Å². The maximum absolute atomic E-state index is 12.3. The summed E-state index contributed by atoms with van der Waals surface area (Å²) < 4.78 is 16.2. The van der Waals surface area contributed by atoms with Gasteiger partial charge in [0.25, 0.3) is 5.91 Å². The molecule has 29 heavy (non-hydrogen) atoms. The van der Waals surface area contributed by atoms with Crippen molar-refractivity contribution in [3.05, 3.63) is 48.0 Å². The lowest BCUT2D eigenvalue weighted by molar-refractivity contribution is -0.119. The van der Waals surface area contributed by atoms with E-state index in [1.807, 2.05) is 24.5 Å². The van der Waals surface area contributed by atoms with Gasteiger partial charge in [0, 0.05) is 4.90 Å². The van der Waals surface area contributed by atoms with Crippen LogP contribution in [0.2, 0.25) is 0 Å². The summed E-state index contributed by atoms with van der Waals surface area (Å²) in [6.07, 6.45) is 2.84. The van der Waals surface area contributed by atoms with E-state index in [9.17, 15) is 9.59 Å². The number of ether oxygens (including phenoxy) is 3. The minimum absolute atomic E-state index is 0.287. The Morgan fingerprint density at radius 2 is 1.86 bits per heavy atom. The van der Waals surface area contributed by atoms with Crippen LogP contribution in [0.15, 0.2) is 47.4 Å². The number of carbonyl (C=O) groups is 2. The number of methoxy groups -OCH3 is 1. The molecule has 2 aromatic carbocycles. The van der Waals surface area contributed by atoms with Crippen LogP contribution < -0.4 is 14.8 Å². The van der Waals surface area contributed by atoms with Crippen LogP contribution >= 0.6 is 11.8 Å². The molecule has 0 aromatic heterocycles. The Bertz CT molecular complexity index is 838. The number of thioether (sulfide) groups is 1. The maximum Gasteiger partial charge on any atom is 0.338 e. The Morgan fingerprint density at radius 3 is 2.55 bits per heavy atom. The predicted molar refractivity (Wildman–Crippen MR) is 115 cm³/mol. The van der Waals surface area contributed by atoms with Gasteiger partial charge >= 0.3 is 5.97 Å². The zero-order valence-corrected chi connectivity index (χ0v) is 18.0. The molecule has 1 amide bonds. The number of nitrogens with one attached hydrogen (secondary N) is 1. The third kappa shape index (κ3) is 7.02. The highest BCUT2D eigenvalue weighted by atomic mass is 32.2. The summed E-state index contributed by atoms with van der Waals surface area (Å²) in [5.41, 5.74) is 0.973. The first-order chi connectivity index (χ1) is 13.9. The highest BCUT2D eigenvalue weighted by molar-refractivity contribution is 7.98. The number of rotatable bonds is 10. The molecule has 0 fully saturated rings. The van der Waals surface area contributed by atoms with Crippen molar-refractivity contribution in [1.29, 1.82) is 0 Å². The largest absolute Gasteiger partial charge is 0.493 e. The van der Waals surface area contributed by atoms with E-state index in [1.54, 1.807) is 24.3 Å². The second kappa shape index (κ2) is 11.4. The molecular weight excluding hydrogens is 390 g/mol. The second-order valence-corrected chi connectivity index (χ2v) is 7.57. The Hall–Kier alpha value is -2.67. The Kier molecular flexibility index (Phi) is 8.86. The smallest absolute Gasteiger partial charge is 0.338 e. The van der Waals surface area contributed by atoms with Gasteiger partial charge in [-0.3, -0.25) is 4.79 Å². The average molecular weight is 418 g/mol. The Labute approximate surface area is 175 Å². The van der Waals surface area contributed by atoms with Crippen LogP contribution in [-0.4, -0.2) is 38.5 Å². The monoisotopic (exact) mass is 417 g/mol. The zero-order valence-electron chi connectivity index (χ0n) is 17.2. The van der Waals surface area contributed by atoms with Crippen molar-refractivity contribution in [2.45, 2.75) is 25.2 Å². The number of hydrogen-bond acceptors (Lipinski definition) is 6. The number of benzene rings is 2. The van der Waals surface area contributed by atoms with E-state index in [0.717, 1.165) is 11.3 Å². The van der Waals surface area contributed by atoms with Gasteiger partial charge in [-0.25, -0.2) is 4.79 Å². The van der Waals surface area contributed by atoms with E-state index in [1.165, 1.54) is 18.9 Å². The van der Waals surface area contributed by atoms with Crippen molar-refractivity contribution in [3.63, 3.8) is 0 Å². The van der Waals surface area contributed by atoms with Crippen molar-refractivity contribution in [1.82, 2.24) is 0 Å². The molecule has 0 aliphatic heterocycles. The van der Waals surface area contributed by atoms with Crippen molar-refractivity contribution < 1.29 is 23.8 Å². The quantitative estimate of drug-likeness (QED) is 0.449. The second-order valence-electron chi connectivity index (χ2n) is 6.72. The molecular formula is C22H27NO5S. The summed E-state index contributed by atoms with van der Waals surface area (Å²) in [6, 6.07) is 12.2. The van der Waals surface area contributed by atoms with E-state index in [2.05, 4.69) is 19.2 Å². The lowest BCUT2D eigenvalue weighted by atomic mass is 10.1. The van der Waals surface area contributed by atoms with Gasteiger partial charge in [0.2, 0.25) is 0 Å². The van der Waals surface area contributed by atoms with E-state index in [4.69, 9.17) is 14.2 Å². The van der Waals surface area contributed by atoms with Gasteiger partial charge < -0.3 is 19.5 Å². The molecule has 0 aliphatic rings. The fourth-order valence-electron chi connectivity index (χ4n) is 2.47.